The Balaban J connectivity index is 2.20. The van der Waals surface area contributed by atoms with Gasteiger partial charge in [0, 0.05) is 10.0 Å². The summed E-state index contributed by atoms with van der Waals surface area (Å²) in [5.41, 5.74) is 2.61. The molecule has 0 N–H and O–H groups in total. The molecule has 0 radical (unpaired) electrons. The predicted molar refractivity (Wildman–Crippen MR) is 79.7 cm³/mol. The Morgan fingerprint density at radius 3 is 1.17 bits per heavy atom. The van der Waals surface area contributed by atoms with Gasteiger partial charge in [-0.15, -0.1) is 0 Å². The fourth-order valence-electron chi connectivity index (χ4n) is 2.11. The second kappa shape index (κ2) is 5.77. The first-order valence-corrected chi connectivity index (χ1v) is 6.84. The smallest absolute Gasteiger partial charge is 0.0406 e. The summed E-state index contributed by atoms with van der Waals surface area (Å²) in [4.78, 5) is 0. The lowest BCUT2D eigenvalue weighted by molar-refractivity contribution is 0.624. The van der Waals surface area contributed by atoms with Crippen molar-refractivity contribution in [2.45, 2.75) is 25.7 Å². The topological polar surface area (TPSA) is 0 Å². The molecule has 2 aromatic carbocycles. The van der Waals surface area contributed by atoms with Gasteiger partial charge in [-0.05, 0) is 47.2 Å². The van der Waals surface area contributed by atoms with E-state index in [9.17, 15) is 0 Å². The summed E-state index contributed by atoms with van der Waals surface area (Å²) in [5.74, 6) is 0.895. The van der Waals surface area contributed by atoms with Crippen LogP contribution in [-0.2, 0) is 0 Å². The molecule has 0 saturated carbocycles. The van der Waals surface area contributed by atoms with Gasteiger partial charge in [-0.1, -0.05) is 61.3 Å². The van der Waals surface area contributed by atoms with E-state index in [1.807, 2.05) is 24.3 Å². The zero-order valence-corrected chi connectivity index (χ0v) is 12.0. The number of rotatable bonds is 3. The van der Waals surface area contributed by atoms with Gasteiger partial charge < -0.3 is 0 Å². The van der Waals surface area contributed by atoms with Crippen molar-refractivity contribution in [2.75, 3.05) is 0 Å². The number of benzene rings is 2. The van der Waals surface area contributed by atoms with Gasteiger partial charge >= 0.3 is 0 Å². The summed E-state index contributed by atoms with van der Waals surface area (Å²) in [6, 6.07) is 16.2. The fraction of sp³-hybridized carbons (Fsp3) is 0.250. The van der Waals surface area contributed by atoms with Crippen LogP contribution in [0.3, 0.4) is 0 Å². The molecule has 0 fully saturated rings. The van der Waals surface area contributed by atoms with Crippen LogP contribution in [0.15, 0.2) is 48.5 Å². The van der Waals surface area contributed by atoms with Crippen LogP contribution in [0.2, 0.25) is 10.0 Å². The van der Waals surface area contributed by atoms with E-state index in [0.29, 0.717) is 11.8 Å². The minimum absolute atomic E-state index is 0.448. The number of hydrogen-bond acceptors (Lipinski definition) is 0. The van der Waals surface area contributed by atoms with Crippen LogP contribution in [-0.4, -0.2) is 0 Å². The fourth-order valence-corrected chi connectivity index (χ4v) is 2.36. The first-order chi connectivity index (χ1) is 8.58. The van der Waals surface area contributed by atoms with Gasteiger partial charge in [0.1, 0.15) is 0 Å². The predicted octanol–water partition coefficient (Wildman–Crippen LogP) is 5.90. The van der Waals surface area contributed by atoms with Crippen LogP contribution >= 0.6 is 23.2 Å². The van der Waals surface area contributed by atoms with Gasteiger partial charge in [0.05, 0.1) is 0 Å². The molecule has 18 heavy (non-hydrogen) atoms. The average Bonchev–Trinajstić information content (AvgIpc) is 2.39. The van der Waals surface area contributed by atoms with Crippen LogP contribution < -0.4 is 0 Å². The summed E-state index contributed by atoms with van der Waals surface area (Å²) in [6.07, 6.45) is 0. The highest BCUT2D eigenvalue weighted by Crippen LogP contribution is 2.33. The summed E-state index contributed by atoms with van der Waals surface area (Å²) >= 11 is 11.8. The summed E-state index contributed by atoms with van der Waals surface area (Å²) in [7, 11) is 0. The van der Waals surface area contributed by atoms with Crippen LogP contribution in [0.5, 0.6) is 0 Å². The van der Waals surface area contributed by atoms with Crippen molar-refractivity contribution in [1.29, 1.82) is 0 Å². The molecule has 0 aromatic heterocycles. The molecule has 0 amide bonds. The molecule has 0 nitrogen and oxygen atoms in total. The molecule has 2 heteroatoms. The second-order valence-corrected chi connectivity index (χ2v) is 5.55. The lowest BCUT2D eigenvalue weighted by Gasteiger charge is -2.21. The molecule has 2 atom stereocenters. The Bertz CT molecular complexity index is 450. The maximum absolute atomic E-state index is 5.92. The van der Waals surface area contributed by atoms with E-state index in [4.69, 9.17) is 23.2 Å². The highest BCUT2D eigenvalue weighted by atomic mass is 35.5. The Labute approximate surface area is 119 Å². The molecule has 2 rings (SSSR count). The van der Waals surface area contributed by atoms with Gasteiger partial charge in [-0.3, -0.25) is 0 Å². The van der Waals surface area contributed by atoms with Gasteiger partial charge in [0.25, 0.3) is 0 Å². The Kier molecular flexibility index (Phi) is 4.31. The molecule has 2 aromatic rings. The second-order valence-electron chi connectivity index (χ2n) is 4.68. The third kappa shape index (κ3) is 3.07. The zero-order chi connectivity index (χ0) is 13.1. The standard InChI is InChI=1S/C16H16Cl2/c1-11(13-3-7-15(17)8-4-13)12(2)14-5-9-16(18)10-6-14/h3-12H,1-2H3/t11-,12-/m0/s1. The maximum atomic E-state index is 5.92. The Hall–Kier alpha value is -0.980. The molecule has 0 bridgehead atoms. The van der Waals surface area contributed by atoms with Crippen molar-refractivity contribution in [3.8, 4) is 0 Å². The van der Waals surface area contributed by atoms with Gasteiger partial charge in [-0.2, -0.15) is 0 Å². The molecule has 0 aliphatic carbocycles. The highest BCUT2D eigenvalue weighted by Gasteiger charge is 2.16. The van der Waals surface area contributed by atoms with Crippen molar-refractivity contribution >= 4 is 23.2 Å². The Morgan fingerprint density at radius 2 is 0.889 bits per heavy atom. The van der Waals surface area contributed by atoms with E-state index in [0.717, 1.165) is 10.0 Å². The summed E-state index contributed by atoms with van der Waals surface area (Å²) in [6.45, 7) is 4.48. The quantitative estimate of drug-likeness (QED) is 0.656. The number of hydrogen-bond donors (Lipinski definition) is 0. The van der Waals surface area contributed by atoms with Crippen molar-refractivity contribution in [3.63, 3.8) is 0 Å². The van der Waals surface area contributed by atoms with Crippen molar-refractivity contribution in [2.24, 2.45) is 0 Å². The summed E-state index contributed by atoms with van der Waals surface area (Å²) < 4.78 is 0. The van der Waals surface area contributed by atoms with E-state index in [-0.39, 0.29) is 0 Å². The molecule has 0 saturated heterocycles. The van der Waals surface area contributed by atoms with Crippen molar-refractivity contribution in [1.82, 2.24) is 0 Å². The van der Waals surface area contributed by atoms with Crippen LogP contribution in [0.4, 0.5) is 0 Å². The monoisotopic (exact) mass is 278 g/mol. The normalized spacial score (nSPS) is 14.2. The van der Waals surface area contributed by atoms with Gasteiger partial charge in [-0.25, -0.2) is 0 Å². The van der Waals surface area contributed by atoms with Crippen LogP contribution in [0, 0.1) is 0 Å². The molecular weight excluding hydrogens is 263 g/mol. The SMILES string of the molecule is C[C@H](c1ccc(Cl)cc1)[C@H](C)c1ccc(Cl)cc1. The van der Waals surface area contributed by atoms with Gasteiger partial charge in [0.2, 0.25) is 0 Å². The average molecular weight is 279 g/mol. The molecular formula is C16H16Cl2. The molecule has 0 heterocycles. The highest BCUT2D eigenvalue weighted by molar-refractivity contribution is 6.30. The third-order valence-corrected chi connectivity index (χ3v) is 4.05. The lowest BCUT2D eigenvalue weighted by Crippen LogP contribution is -2.04. The zero-order valence-electron chi connectivity index (χ0n) is 10.5. The van der Waals surface area contributed by atoms with Crippen molar-refractivity contribution < 1.29 is 0 Å². The minimum Gasteiger partial charge on any atom is -0.0843 e. The van der Waals surface area contributed by atoms with Crippen LogP contribution in [0.25, 0.3) is 0 Å². The first-order valence-electron chi connectivity index (χ1n) is 6.09. The summed E-state index contributed by atoms with van der Waals surface area (Å²) in [5, 5.41) is 1.56. The maximum Gasteiger partial charge on any atom is 0.0406 e. The van der Waals surface area contributed by atoms with E-state index in [1.54, 1.807) is 0 Å². The molecule has 0 unspecified atom stereocenters. The minimum atomic E-state index is 0.448. The number of halogens is 2. The van der Waals surface area contributed by atoms with E-state index in [1.165, 1.54) is 11.1 Å². The van der Waals surface area contributed by atoms with E-state index >= 15 is 0 Å². The van der Waals surface area contributed by atoms with E-state index < -0.39 is 0 Å². The largest absolute Gasteiger partial charge is 0.0843 e. The lowest BCUT2D eigenvalue weighted by atomic mass is 9.84. The van der Waals surface area contributed by atoms with Gasteiger partial charge in [0.15, 0.2) is 0 Å². The Morgan fingerprint density at radius 1 is 0.611 bits per heavy atom. The third-order valence-electron chi connectivity index (χ3n) is 3.54. The molecule has 0 spiro atoms. The molecule has 0 aliphatic rings. The van der Waals surface area contributed by atoms with E-state index in [2.05, 4.69) is 38.1 Å². The molecule has 94 valence electrons. The first kappa shape index (κ1) is 13.5. The van der Waals surface area contributed by atoms with Crippen LogP contribution in [0.1, 0.15) is 36.8 Å². The van der Waals surface area contributed by atoms with Crippen molar-refractivity contribution in [3.05, 3.63) is 69.7 Å². The molecule has 0 aliphatic heterocycles.